The van der Waals surface area contributed by atoms with Crippen molar-refractivity contribution in [1.29, 1.82) is 0 Å². The molecule has 2 aromatic heterocycles. The molecular formula is C11H13N5O. The highest BCUT2D eigenvalue weighted by Gasteiger charge is 2.19. The van der Waals surface area contributed by atoms with Crippen LogP contribution in [-0.2, 0) is 7.05 Å². The number of nitrogen functional groups attached to an aromatic ring is 1. The third kappa shape index (κ3) is 2.10. The Morgan fingerprint density at radius 1 is 1.41 bits per heavy atom. The molecule has 88 valence electrons. The minimum absolute atomic E-state index is 0.241. The number of carbonyl (C=O) groups is 1. The number of nitrogens with zero attached hydrogens (tertiary/aromatic N) is 4. The predicted molar refractivity (Wildman–Crippen MR) is 64.6 cm³/mol. The topological polar surface area (TPSA) is 77.0 Å². The summed E-state index contributed by atoms with van der Waals surface area (Å²) in [5.41, 5.74) is 7.09. The molecule has 2 rings (SSSR count). The van der Waals surface area contributed by atoms with Crippen molar-refractivity contribution < 1.29 is 4.79 Å². The van der Waals surface area contributed by atoms with Crippen LogP contribution >= 0.6 is 0 Å². The van der Waals surface area contributed by atoms with Gasteiger partial charge in [-0.3, -0.25) is 14.5 Å². The maximum atomic E-state index is 12.1. The Kier molecular flexibility index (Phi) is 2.78. The Labute approximate surface area is 98.7 Å². The fraction of sp³-hybridized carbons (Fsp3) is 0.182. The zero-order chi connectivity index (χ0) is 12.4. The molecule has 0 aromatic carbocycles. The lowest BCUT2D eigenvalue weighted by atomic mass is 10.3. The van der Waals surface area contributed by atoms with Gasteiger partial charge >= 0.3 is 0 Å². The highest BCUT2D eigenvalue weighted by atomic mass is 16.2. The van der Waals surface area contributed by atoms with Crippen molar-refractivity contribution in [3.05, 3.63) is 36.4 Å². The van der Waals surface area contributed by atoms with E-state index in [0.29, 0.717) is 5.69 Å². The van der Waals surface area contributed by atoms with Crippen molar-refractivity contribution >= 4 is 17.3 Å². The molecule has 1 amide bonds. The maximum absolute atomic E-state index is 12.1. The van der Waals surface area contributed by atoms with E-state index in [2.05, 4.69) is 10.1 Å². The number of aromatic nitrogens is 3. The summed E-state index contributed by atoms with van der Waals surface area (Å²) >= 11 is 0. The standard InChI is InChI=1S/C11H13N5O/c1-15-7-9(12)10(14-15)11(17)16(2)8-3-5-13-6-4-8/h3-7H,12H2,1-2H3. The van der Waals surface area contributed by atoms with Crippen LogP contribution in [0, 0.1) is 0 Å². The largest absolute Gasteiger partial charge is 0.396 e. The Morgan fingerprint density at radius 3 is 2.59 bits per heavy atom. The molecule has 2 N–H and O–H groups in total. The molecule has 0 aliphatic rings. The molecule has 0 radical (unpaired) electrons. The highest BCUT2D eigenvalue weighted by Crippen LogP contribution is 2.16. The second-order valence-corrected chi connectivity index (χ2v) is 3.68. The Balaban J connectivity index is 2.30. The van der Waals surface area contributed by atoms with Crippen LogP contribution in [0.5, 0.6) is 0 Å². The SMILES string of the molecule is CN(C(=O)c1nn(C)cc1N)c1ccncc1. The lowest BCUT2D eigenvalue weighted by Crippen LogP contribution is -2.27. The lowest BCUT2D eigenvalue weighted by molar-refractivity contribution is 0.0988. The molecule has 0 aliphatic carbocycles. The van der Waals surface area contributed by atoms with E-state index in [4.69, 9.17) is 5.73 Å². The van der Waals surface area contributed by atoms with Gasteiger partial charge in [0.05, 0.1) is 5.69 Å². The minimum atomic E-state index is -0.241. The first-order valence-corrected chi connectivity index (χ1v) is 5.07. The van der Waals surface area contributed by atoms with Gasteiger partial charge in [-0.2, -0.15) is 5.10 Å². The molecule has 6 heteroatoms. The number of amides is 1. The van der Waals surface area contributed by atoms with Crippen molar-refractivity contribution in [2.75, 3.05) is 17.7 Å². The van der Waals surface area contributed by atoms with Gasteiger partial charge in [-0.05, 0) is 12.1 Å². The van der Waals surface area contributed by atoms with E-state index in [1.165, 1.54) is 9.58 Å². The van der Waals surface area contributed by atoms with Gasteiger partial charge in [-0.15, -0.1) is 0 Å². The molecule has 0 aliphatic heterocycles. The molecule has 0 atom stereocenters. The van der Waals surface area contributed by atoms with Gasteiger partial charge in [0.1, 0.15) is 0 Å². The van der Waals surface area contributed by atoms with Gasteiger partial charge in [-0.1, -0.05) is 0 Å². The first kappa shape index (κ1) is 11.1. The summed E-state index contributed by atoms with van der Waals surface area (Å²) in [5.74, 6) is -0.241. The van der Waals surface area contributed by atoms with Crippen LogP contribution in [0.25, 0.3) is 0 Å². The third-order valence-electron chi connectivity index (χ3n) is 2.41. The van der Waals surface area contributed by atoms with Crippen molar-refractivity contribution in [1.82, 2.24) is 14.8 Å². The van der Waals surface area contributed by atoms with E-state index in [0.717, 1.165) is 5.69 Å². The first-order chi connectivity index (χ1) is 8.09. The highest BCUT2D eigenvalue weighted by molar-refractivity contribution is 6.07. The van der Waals surface area contributed by atoms with Crippen molar-refractivity contribution in [2.45, 2.75) is 0 Å². The minimum Gasteiger partial charge on any atom is -0.396 e. The van der Waals surface area contributed by atoms with Gasteiger partial charge in [0.2, 0.25) is 0 Å². The van der Waals surface area contributed by atoms with Crippen LogP contribution in [0.2, 0.25) is 0 Å². The summed E-state index contributed by atoms with van der Waals surface area (Å²) in [6.45, 7) is 0. The Morgan fingerprint density at radius 2 is 2.06 bits per heavy atom. The van der Waals surface area contributed by atoms with Gasteiger partial charge in [0.15, 0.2) is 5.69 Å². The number of carbonyl (C=O) groups excluding carboxylic acids is 1. The number of pyridine rings is 1. The summed E-state index contributed by atoms with van der Waals surface area (Å²) in [4.78, 5) is 17.5. The van der Waals surface area contributed by atoms with Crippen LogP contribution in [0.3, 0.4) is 0 Å². The lowest BCUT2D eigenvalue weighted by Gasteiger charge is -2.15. The van der Waals surface area contributed by atoms with Gasteiger partial charge in [-0.25, -0.2) is 0 Å². The first-order valence-electron chi connectivity index (χ1n) is 5.07. The average molecular weight is 231 g/mol. The average Bonchev–Trinajstić information content (AvgIpc) is 2.68. The summed E-state index contributed by atoms with van der Waals surface area (Å²) < 4.78 is 1.52. The van der Waals surface area contributed by atoms with Crippen molar-refractivity contribution in [3.63, 3.8) is 0 Å². The number of aryl methyl sites for hydroxylation is 1. The molecule has 0 bridgehead atoms. The molecule has 17 heavy (non-hydrogen) atoms. The summed E-state index contributed by atoms with van der Waals surface area (Å²) in [6, 6.07) is 3.49. The maximum Gasteiger partial charge on any atom is 0.280 e. The summed E-state index contributed by atoms with van der Waals surface area (Å²) in [6.07, 6.45) is 4.86. The van der Waals surface area contributed by atoms with Crippen LogP contribution in [-0.4, -0.2) is 27.7 Å². The Hall–Kier alpha value is -2.37. The number of hydrogen-bond acceptors (Lipinski definition) is 4. The number of hydrogen-bond donors (Lipinski definition) is 1. The fourth-order valence-corrected chi connectivity index (χ4v) is 1.52. The smallest absolute Gasteiger partial charge is 0.280 e. The van der Waals surface area contributed by atoms with E-state index in [9.17, 15) is 4.79 Å². The normalized spacial score (nSPS) is 10.2. The molecule has 0 saturated carbocycles. The third-order valence-corrected chi connectivity index (χ3v) is 2.41. The van der Waals surface area contributed by atoms with Crippen molar-refractivity contribution in [3.8, 4) is 0 Å². The predicted octanol–water partition coefficient (Wildman–Crippen LogP) is 0.674. The number of anilines is 2. The van der Waals surface area contributed by atoms with Crippen LogP contribution in [0.15, 0.2) is 30.7 Å². The molecule has 0 spiro atoms. The summed E-state index contributed by atoms with van der Waals surface area (Å²) in [7, 11) is 3.39. The quantitative estimate of drug-likeness (QED) is 0.824. The fourth-order valence-electron chi connectivity index (χ4n) is 1.52. The van der Waals surface area contributed by atoms with E-state index in [1.54, 1.807) is 44.8 Å². The van der Waals surface area contributed by atoms with E-state index < -0.39 is 0 Å². The number of rotatable bonds is 2. The van der Waals surface area contributed by atoms with Crippen LogP contribution < -0.4 is 10.6 Å². The molecule has 0 fully saturated rings. The number of nitrogens with two attached hydrogens (primary N) is 1. The van der Waals surface area contributed by atoms with E-state index >= 15 is 0 Å². The second kappa shape index (κ2) is 4.25. The zero-order valence-electron chi connectivity index (χ0n) is 9.66. The van der Waals surface area contributed by atoms with Crippen LogP contribution in [0.1, 0.15) is 10.5 Å². The van der Waals surface area contributed by atoms with E-state index in [1.807, 2.05) is 0 Å². The van der Waals surface area contributed by atoms with Crippen LogP contribution in [0.4, 0.5) is 11.4 Å². The molecule has 6 nitrogen and oxygen atoms in total. The second-order valence-electron chi connectivity index (χ2n) is 3.68. The van der Waals surface area contributed by atoms with Gasteiger partial charge < -0.3 is 10.6 Å². The zero-order valence-corrected chi connectivity index (χ0v) is 9.66. The summed E-state index contributed by atoms with van der Waals surface area (Å²) in [5, 5.41) is 4.04. The molecular weight excluding hydrogens is 218 g/mol. The Bertz CT molecular complexity index is 534. The van der Waals surface area contributed by atoms with E-state index in [-0.39, 0.29) is 11.6 Å². The van der Waals surface area contributed by atoms with Gasteiger partial charge in [0, 0.05) is 38.4 Å². The molecule has 0 unspecified atom stereocenters. The van der Waals surface area contributed by atoms with Crippen molar-refractivity contribution in [2.24, 2.45) is 7.05 Å². The monoisotopic (exact) mass is 231 g/mol. The molecule has 0 saturated heterocycles. The molecule has 2 aromatic rings. The molecule has 2 heterocycles. The van der Waals surface area contributed by atoms with Gasteiger partial charge in [0.25, 0.3) is 5.91 Å².